The van der Waals surface area contributed by atoms with Gasteiger partial charge in [-0.05, 0) is 19.8 Å². The van der Waals surface area contributed by atoms with Crippen LogP contribution < -0.4 is 0 Å². The molecule has 18 heavy (non-hydrogen) atoms. The van der Waals surface area contributed by atoms with Gasteiger partial charge in [-0.1, -0.05) is 25.7 Å². The lowest BCUT2D eigenvalue weighted by atomic mass is 9.93. The van der Waals surface area contributed by atoms with Crippen LogP contribution in [0.5, 0.6) is 0 Å². The van der Waals surface area contributed by atoms with Crippen molar-refractivity contribution in [2.75, 3.05) is 6.61 Å². The van der Waals surface area contributed by atoms with Gasteiger partial charge >= 0.3 is 0 Å². The zero-order valence-electron chi connectivity index (χ0n) is 11.1. The van der Waals surface area contributed by atoms with Crippen LogP contribution in [0.3, 0.4) is 0 Å². The molecule has 2 rings (SSSR count). The molecule has 0 spiro atoms. The second kappa shape index (κ2) is 6.25. The topological polar surface area (TPSA) is 55.2 Å². The van der Waals surface area contributed by atoms with Gasteiger partial charge in [-0.25, -0.2) is 9.97 Å². The summed E-state index contributed by atoms with van der Waals surface area (Å²) in [6.45, 7) is 2.70. The van der Waals surface area contributed by atoms with E-state index in [0.29, 0.717) is 6.61 Å². The Bertz CT molecular complexity index is 357. The smallest absolute Gasteiger partial charge is 0.160 e. The molecule has 0 unspecified atom stereocenters. The van der Waals surface area contributed by atoms with E-state index >= 15 is 0 Å². The van der Waals surface area contributed by atoms with E-state index in [1.165, 1.54) is 25.7 Å². The first-order valence-electron chi connectivity index (χ1n) is 6.87. The van der Waals surface area contributed by atoms with Crippen LogP contribution in [0.4, 0.5) is 0 Å². The highest BCUT2D eigenvalue weighted by molar-refractivity contribution is 5.09. The normalized spacial score (nSPS) is 19.4. The van der Waals surface area contributed by atoms with Gasteiger partial charge in [-0.3, -0.25) is 0 Å². The lowest BCUT2D eigenvalue weighted by Gasteiger charge is -2.31. The average Bonchev–Trinajstić information content (AvgIpc) is 2.66. The largest absolute Gasteiger partial charge is 0.392 e. The van der Waals surface area contributed by atoms with E-state index in [9.17, 15) is 0 Å². The van der Waals surface area contributed by atoms with Crippen LogP contribution in [0, 0.1) is 0 Å². The molecule has 0 atom stereocenters. The lowest BCUT2D eigenvalue weighted by molar-refractivity contribution is -0.0625. The predicted molar refractivity (Wildman–Crippen MR) is 69.0 cm³/mol. The number of nitrogens with zero attached hydrogens (tertiary/aromatic N) is 2. The van der Waals surface area contributed by atoms with Gasteiger partial charge in [0.1, 0.15) is 5.60 Å². The molecule has 1 aromatic rings. The second-order valence-corrected chi connectivity index (χ2v) is 4.91. The SMILES string of the molecule is CCOC1(c2ncc(CO)cn2)CCCCCC1. The van der Waals surface area contributed by atoms with Crippen molar-refractivity contribution in [2.24, 2.45) is 0 Å². The van der Waals surface area contributed by atoms with Crippen molar-refractivity contribution in [3.63, 3.8) is 0 Å². The van der Waals surface area contributed by atoms with Crippen molar-refractivity contribution in [2.45, 2.75) is 57.7 Å². The summed E-state index contributed by atoms with van der Waals surface area (Å²) in [6.07, 6.45) is 10.3. The summed E-state index contributed by atoms with van der Waals surface area (Å²) in [5, 5.41) is 9.04. The maximum absolute atomic E-state index is 9.04. The fourth-order valence-electron chi connectivity index (χ4n) is 2.68. The number of rotatable bonds is 4. The minimum Gasteiger partial charge on any atom is -0.392 e. The molecular formula is C14H22N2O2. The van der Waals surface area contributed by atoms with Gasteiger partial charge in [0.2, 0.25) is 0 Å². The molecule has 0 aromatic carbocycles. The number of aliphatic hydroxyl groups excluding tert-OH is 1. The van der Waals surface area contributed by atoms with Crippen molar-refractivity contribution >= 4 is 0 Å². The zero-order chi connectivity index (χ0) is 12.8. The number of ether oxygens (including phenoxy) is 1. The van der Waals surface area contributed by atoms with E-state index < -0.39 is 0 Å². The first-order chi connectivity index (χ1) is 8.80. The van der Waals surface area contributed by atoms with E-state index in [-0.39, 0.29) is 12.2 Å². The Labute approximate surface area is 108 Å². The summed E-state index contributed by atoms with van der Waals surface area (Å²) >= 11 is 0. The van der Waals surface area contributed by atoms with Crippen LogP contribution in [0.25, 0.3) is 0 Å². The quantitative estimate of drug-likeness (QED) is 0.834. The molecule has 0 amide bonds. The molecule has 1 heterocycles. The van der Waals surface area contributed by atoms with Gasteiger partial charge in [0.15, 0.2) is 5.82 Å². The van der Waals surface area contributed by atoms with Crippen LogP contribution in [0.1, 0.15) is 56.8 Å². The molecule has 0 radical (unpaired) electrons. The Balaban J connectivity index is 2.26. The van der Waals surface area contributed by atoms with Crippen molar-refractivity contribution < 1.29 is 9.84 Å². The Morgan fingerprint density at radius 2 is 1.78 bits per heavy atom. The molecule has 1 N–H and O–H groups in total. The number of aliphatic hydroxyl groups is 1. The molecule has 0 saturated heterocycles. The number of hydrogen-bond donors (Lipinski definition) is 1. The maximum Gasteiger partial charge on any atom is 0.160 e. The van der Waals surface area contributed by atoms with Crippen LogP contribution in [0.2, 0.25) is 0 Å². The minimum absolute atomic E-state index is 0.0120. The first kappa shape index (κ1) is 13.4. The molecule has 4 heteroatoms. The molecule has 4 nitrogen and oxygen atoms in total. The Kier molecular flexibility index (Phi) is 4.66. The van der Waals surface area contributed by atoms with E-state index in [2.05, 4.69) is 9.97 Å². The second-order valence-electron chi connectivity index (χ2n) is 4.91. The van der Waals surface area contributed by atoms with Gasteiger partial charge in [-0.2, -0.15) is 0 Å². The summed E-state index contributed by atoms with van der Waals surface area (Å²) in [6, 6.07) is 0. The lowest BCUT2D eigenvalue weighted by Crippen LogP contribution is -2.31. The van der Waals surface area contributed by atoms with Crippen molar-refractivity contribution in [1.29, 1.82) is 0 Å². The van der Waals surface area contributed by atoms with Crippen LogP contribution in [0.15, 0.2) is 12.4 Å². The zero-order valence-corrected chi connectivity index (χ0v) is 11.1. The highest BCUT2D eigenvalue weighted by atomic mass is 16.5. The molecule has 100 valence electrons. The summed E-state index contributed by atoms with van der Waals surface area (Å²) in [7, 11) is 0. The number of hydrogen-bond acceptors (Lipinski definition) is 4. The predicted octanol–water partition coefficient (Wildman–Crippen LogP) is 2.55. The molecule has 1 aliphatic carbocycles. The molecule has 0 aliphatic heterocycles. The van der Waals surface area contributed by atoms with Crippen molar-refractivity contribution in [1.82, 2.24) is 9.97 Å². The van der Waals surface area contributed by atoms with E-state index in [1.807, 2.05) is 6.92 Å². The molecule has 1 saturated carbocycles. The van der Waals surface area contributed by atoms with Gasteiger partial charge in [-0.15, -0.1) is 0 Å². The molecule has 1 aliphatic rings. The fraction of sp³-hybridized carbons (Fsp3) is 0.714. The first-order valence-corrected chi connectivity index (χ1v) is 6.87. The van der Waals surface area contributed by atoms with Crippen molar-refractivity contribution in [3.8, 4) is 0 Å². The van der Waals surface area contributed by atoms with Gasteiger partial charge in [0.25, 0.3) is 0 Å². The molecule has 1 fully saturated rings. The molecule has 0 bridgehead atoms. The van der Waals surface area contributed by atoms with Crippen LogP contribution in [-0.2, 0) is 16.9 Å². The highest BCUT2D eigenvalue weighted by Gasteiger charge is 2.36. The van der Waals surface area contributed by atoms with Crippen molar-refractivity contribution in [3.05, 3.63) is 23.8 Å². The van der Waals surface area contributed by atoms with E-state index in [0.717, 1.165) is 24.2 Å². The third kappa shape index (κ3) is 2.87. The molecular weight excluding hydrogens is 228 g/mol. The van der Waals surface area contributed by atoms with Gasteiger partial charge in [0, 0.05) is 24.6 Å². The highest BCUT2D eigenvalue weighted by Crippen LogP contribution is 2.37. The summed E-state index contributed by atoms with van der Waals surface area (Å²) in [5.41, 5.74) is 0.443. The Hall–Kier alpha value is -1.00. The Morgan fingerprint density at radius 3 is 2.28 bits per heavy atom. The third-order valence-corrected chi connectivity index (χ3v) is 3.63. The monoisotopic (exact) mass is 250 g/mol. The van der Waals surface area contributed by atoms with E-state index in [4.69, 9.17) is 9.84 Å². The van der Waals surface area contributed by atoms with Crippen LogP contribution in [-0.4, -0.2) is 21.7 Å². The van der Waals surface area contributed by atoms with Gasteiger partial charge in [0.05, 0.1) is 6.61 Å². The summed E-state index contributed by atoms with van der Waals surface area (Å²) in [5.74, 6) is 0.781. The van der Waals surface area contributed by atoms with Crippen LogP contribution >= 0.6 is 0 Å². The number of aromatic nitrogens is 2. The third-order valence-electron chi connectivity index (χ3n) is 3.63. The summed E-state index contributed by atoms with van der Waals surface area (Å²) in [4.78, 5) is 8.82. The Morgan fingerprint density at radius 1 is 1.17 bits per heavy atom. The van der Waals surface area contributed by atoms with Gasteiger partial charge < -0.3 is 9.84 Å². The standard InChI is InChI=1S/C14H22N2O2/c1-2-18-14(7-5-3-4-6-8-14)13-15-9-12(11-17)10-16-13/h9-10,17H,2-8,11H2,1H3. The maximum atomic E-state index is 9.04. The van der Waals surface area contributed by atoms with E-state index in [1.54, 1.807) is 12.4 Å². The minimum atomic E-state index is -0.306. The molecule has 1 aromatic heterocycles. The summed E-state index contributed by atoms with van der Waals surface area (Å²) < 4.78 is 6.02. The average molecular weight is 250 g/mol. The fourth-order valence-corrected chi connectivity index (χ4v) is 2.68.